The van der Waals surface area contributed by atoms with Crippen molar-refractivity contribution in [1.29, 1.82) is 0 Å². The number of carbonyl (C=O) groups excluding carboxylic acids is 1. The van der Waals surface area contributed by atoms with Gasteiger partial charge in [-0.05, 0) is 80.8 Å². The van der Waals surface area contributed by atoms with Gasteiger partial charge in [0.15, 0.2) is 11.5 Å². The lowest BCUT2D eigenvalue weighted by Gasteiger charge is -2.26. The lowest BCUT2D eigenvalue weighted by molar-refractivity contribution is -0.119. The molecule has 0 atom stereocenters. The van der Waals surface area contributed by atoms with E-state index in [2.05, 4.69) is 10.5 Å². The molecule has 0 unspecified atom stereocenters. The summed E-state index contributed by atoms with van der Waals surface area (Å²) in [5, 5.41) is 4.02. The summed E-state index contributed by atoms with van der Waals surface area (Å²) in [6.07, 6.45) is 1.46. The van der Waals surface area contributed by atoms with Gasteiger partial charge in [-0.25, -0.2) is 13.8 Å². The van der Waals surface area contributed by atoms with Gasteiger partial charge in [-0.15, -0.1) is 0 Å². The first kappa shape index (κ1) is 26.7. The Hall–Kier alpha value is -3.85. The Bertz CT molecular complexity index is 1320. The minimum Gasteiger partial charge on any atom is -0.490 e. The molecule has 36 heavy (non-hydrogen) atoms. The second-order valence-corrected chi connectivity index (χ2v) is 9.77. The van der Waals surface area contributed by atoms with Gasteiger partial charge in [0.1, 0.15) is 6.54 Å². The number of ether oxygens (including phenoxy) is 2. The van der Waals surface area contributed by atoms with Crippen LogP contribution in [0.15, 0.2) is 76.7 Å². The van der Waals surface area contributed by atoms with Gasteiger partial charge < -0.3 is 9.47 Å². The van der Waals surface area contributed by atoms with Crippen LogP contribution in [0.4, 0.5) is 5.69 Å². The van der Waals surface area contributed by atoms with Crippen molar-refractivity contribution in [3.05, 3.63) is 83.4 Å². The van der Waals surface area contributed by atoms with Crippen LogP contribution >= 0.6 is 0 Å². The summed E-state index contributed by atoms with van der Waals surface area (Å²) in [6, 6.07) is 18.7. The summed E-state index contributed by atoms with van der Waals surface area (Å²) >= 11 is 0. The van der Waals surface area contributed by atoms with E-state index in [4.69, 9.17) is 9.47 Å². The molecule has 0 heterocycles. The van der Waals surface area contributed by atoms with Gasteiger partial charge in [-0.2, -0.15) is 5.10 Å². The fraction of sp³-hybridized carbons (Fsp3) is 0.259. The zero-order chi connectivity index (χ0) is 26.1. The summed E-state index contributed by atoms with van der Waals surface area (Å²) in [5.41, 5.74) is 5.24. The molecule has 0 fully saturated rings. The summed E-state index contributed by atoms with van der Waals surface area (Å²) in [7, 11) is -4.00. The molecule has 9 heteroatoms. The maximum Gasteiger partial charge on any atom is 0.264 e. The normalized spacial score (nSPS) is 11.3. The number of aryl methyl sites for hydroxylation is 1. The first-order chi connectivity index (χ1) is 17.3. The molecule has 1 N–H and O–H groups in total. The molecule has 0 spiro atoms. The zero-order valence-corrected chi connectivity index (χ0v) is 21.7. The van der Waals surface area contributed by atoms with Crippen molar-refractivity contribution in [3.8, 4) is 11.5 Å². The number of benzene rings is 3. The van der Waals surface area contributed by atoms with Gasteiger partial charge in [-0.3, -0.25) is 9.10 Å². The smallest absolute Gasteiger partial charge is 0.264 e. The fourth-order valence-electron chi connectivity index (χ4n) is 3.52. The standard InChI is InChI=1S/C27H31N3O5S/c1-5-34-25-16-15-22(17-26(25)35-6-2)18-28-29-27(31)19-30(24-14-10-11-20(3)21(24)4)36(32,33)23-12-8-7-9-13-23/h7-18H,5-6,19H2,1-4H3,(H,29,31)/b28-18+. The lowest BCUT2D eigenvalue weighted by Crippen LogP contribution is -2.40. The van der Waals surface area contributed by atoms with E-state index in [1.165, 1.54) is 18.3 Å². The molecule has 190 valence electrons. The van der Waals surface area contributed by atoms with Crippen LogP contribution in [0.25, 0.3) is 0 Å². The number of anilines is 1. The monoisotopic (exact) mass is 509 g/mol. The molecule has 0 aromatic heterocycles. The molecule has 0 aliphatic heterocycles. The van der Waals surface area contributed by atoms with Crippen molar-refractivity contribution in [2.75, 3.05) is 24.1 Å². The van der Waals surface area contributed by atoms with E-state index in [1.807, 2.05) is 33.8 Å². The minimum absolute atomic E-state index is 0.0973. The zero-order valence-electron chi connectivity index (χ0n) is 20.9. The van der Waals surface area contributed by atoms with Crippen LogP contribution in [0.5, 0.6) is 11.5 Å². The predicted molar refractivity (Wildman–Crippen MR) is 141 cm³/mol. The molecule has 3 aromatic rings. The second-order valence-electron chi connectivity index (χ2n) is 7.91. The number of hydrazone groups is 1. The van der Waals surface area contributed by atoms with Crippen LogP contribution < -0.4 is 19.2 Å². The van der Waals surface area contributed by atoms with Gasteiger partial charge >= 0.3 is 0 Å². The number of carbonyl (C=O) groups is 1. The molecule has 8 nitrogen and oxygen atoms in total. The van der Waals surface area contributed by atoms with E-state index < -0.39 is 22.5 Å². The largest absolute Gasteiger partial charge is 0.490 e. The average Bonchev–Trinajstić information content (AvgIpc) is 2.87. The Labute approximate surface area is 212 Å². The van der Waals surface area contributed by atoms with E-state index in [0.29, 0.717) is 36.0 Å². The van der Waals surface area contributed by atoms with Gasteiger partial charge in [0, 0.05) is 0 Å². The van der Waals surface area contributed by atoms with Crippen LogP contribution in [-0.2, 0) is 14.8 Å². The Morgan fingerprint density at radius 1 is 0.944 bits per heavy atom. The third-order valence-electron chi connectivity index (χ3n) is 5.43. The van der Waals surface area contributed by atoms with Crippen molar-refractivity contribution in [2.24, 2.45) is 5.10 Å². The molecule has 3 aromatic carbocycles. The summed E-state index contributed by atoms with van der Waals surface area (Å²) in [4.78, 5) is 12.9. The summed E-state index contributed by atoms with van der Waals surface area (Å²) in [5.74, 6) is 0.614. The first-order valence-corrected chi connectivity index (χ1v) is 13.1. The van der Waals surface area contributed by atoms with Gasteiger partial charge in [0.2, 0.25) is 0 Å². The van der Waals surface area contributed by atoms with E-state index >= 15 is 0 Å². The van der Waals surface area contributed by atoms with Crippen LogP contribution in [0.2, 0.25) is 0 Å². The minimum atomic E-state index is -4.00. The molecule has 0 saturated carbocycles. The Morgan fingerprint density at radius 2 is 1.64 bits per heavy atom. The Kier molecular flexibility index (Phi) is 9.08. The number of hydrogen-bond donors (Lipinski definition) is 1. The van der Waals surface area contributed by atoms with Gasteiger partial charge in [0.25, 0.3) is 15.9 Å². The number of sulfonamides is 1. The molecular formula is C27H31N3O5S. The average molecular weight is 510 g/mol. The molecule has 1 amide bonds. The van der Waals surface area contributed by atoms with Crippen molar-refractivity contribution in [2.45, 2.75) is 32.6 Å². The Balaban J connectivity index is 1.83. The van der Waals surface area contributed by atoms with E-state index in [0.717, 1.165) is 15.4 Å². The third-order valence-corrected chi connectivity index (χ3v) is 7.21. The van der Waals surface area contributed by atoms with Crippen molar-refractivity contribution in [1.82, 2.24) is 5.43 Å². The van der Waals surface area contributed by atoms with E-state index in [9.17, 15) is 13.2 Å². The molecule has 0 aliphatic carbocycles. The highest BCUT2D eigenvalue weighted by atomic mass is 32.2. The number of rotatable bonds is 11. The maximum absolute atomic E-state index is 13.5. The van der Waals surface area contributed by atoms with Gasteiger partial charge in [0.05, 0.1) is 30.0 Å². The molecule has 0 aliphatic rings. The van der Waals surface area contributed by atoms with E-state index in [1.54, 1.807) is 48.5 Å². The van der Waals surface area contributed by atoms with Crippen molar-refractivity contribution >= 4 is 27.8 Å². The highest BCUT2D eigenvalue weighted by Gasteiger charge is 2.28. The summed E-state index contributed by atoms with van der Waals surface area (Å²) in [6.45, 7) is 8.03. The number of amides is 1. The number of hydrogen-bond acceptors (Lipinski definition) is 6. The SMILES string of the molecule is CCOc1ccc(/C=N/NC(=O)CN(c2cccc(C)c2C)S(=O)(=O)c2ccccc2)cc1OCC. The van der Waals surface area contributed by atoms with Crippen molar-refractivity contribution in [3.63, 3.8) is 0 Å². The van der Waals surface area contributed by atoms with E-state index in [-0.39, 0.29) is 4.90 Å². The second kappa shape index (κ2) is 12.2. The van der Waals surface area contributed by atoms with Crippen molar-refractivity contribution < 1.29 is 22.7 Å². The molecular weight excluding hydrogens is 478 g/mol. The Morgan fingerprint density at radius 3 is 2.33 bits per heavy atom. The lowest BCUT2D eigenvalue weighted by atomic mass is 10.1. The fourth-order valence-corrected chi connectivity index (χ4v) is 5.02. The summed E-state index contributed by atoms with van der Waals surface area (Å²) < 4.78 is 39.3. The molecule has 0 radical (unpaired) electrons. The molecule has 3 rings (SSSR count). The number of nitrogens with one attached hydrogen (secondary N) is 1. The van der Waals surface area contributed by atoms with Crippen LogP contribution in [-0.4, -0.2) is 40.3 Å². The topological polar surface area (TPSA) is 97.3 Å². The molecule has 0 bridgehead atoms. The predicted octanol–water partition coefficient (Wildman–Crippen LogP) is 4.45. The van der Waals surface area contributed by atoms with Crippen LogP contribution in [0.3, 0.4) is 0 Å². The number of nitrogens with zero attached hydrogens (tertiary/aromatic N) is 2. The van der Waals surface area contributed by atoms with Crippen LogP contribution in [0, 0.1) is 13.8 Å². The van der Waals surface area contributed by atoms with Crippen LogP contribution in [0.1, 0.15) is 30.5 Å². The third kappa shape index (κ3) is 6.42. The highest BCUT2D eigenvalue weighted by molar-refractivity contribution is 7.92. The first-order valence-electron chi connectivity index (χ1n) is 11.6. The van der Waals surface area contributed by atoms with Gasteiger partial charge in [-0.1, -0.05) is 30.3 Å². The maximum atomic E-state index is 13.5. The highest BCUT2D eigenvalue weighted by Crippen LogP contribution is 2.29. The quantitative estimate of drug-likeness (QED) is 0.304. The molecule has 0 saturated heterocycles.